The molecule has 0 radical (unpaired) electrons. The zero-order valence-electron chi connectivity index (χ0n) is 13.2. The van der Waals surface area contributed by atoms with E-state index >= 15 is 0 Å². The van der Waals surface area contributed by atoms with E-state index < -0.39 is 0 Å². The predicted molar refractivity (Wildman–Crippen MR) is 85.0 cm³/mol. The highest BCUT2D eigenvalue weighted by molar-refractivity contribution is 5.80. The van der Waals surface area contributed by atoms with Gasteiger partial charge in [0.2, 0.25) is 11.8 Å². The van der Waals surface area contributed by atoms with Crippen LogP contribution in [-0.4, -0.2) is 47.2 Å². The van der Waals surface area contributed by atoms with Crippen molar-refractivity contribution in [3.63, 3.8) is 0 Å². The van der Waals surface area contributed by atoms with Crippen LogP contribution in [0.3, 0.4) is 0 Å². The second-order valence-electron chi connectivity index (χ2n) is 6.77. The van der Waals surface area contributed by atoms with Gasteiger partial charge in [-0.25, -0.2) is 4.98 Å². The number of hydrogen-bond donors (Lipinski definition) is 0. The molecule has 1 amide bonds. The molecule has 5 nitrogen and oxygen atoms in total. The molecule has 1 aromatic rings. The first-order valence-electron chi connectivity index (χ1n) is 8.40. The molecule has 122 valence electrons. The molecule has 2 aliphatic heterocycles. The number of ether oxygens (including phenoxy) is 2. The van der Waals surface area contributed by atoms with Crippen molar-refractivity contribution in [2.45, 2.75) is 37.4 Å². The summed E-state index contributed by atoms with van der Waals surface area (Å²) in [6, 6.07) is 5.69. The Kier molecular flexibility index (Phi) is 3.81. The van der Waals surface area contributed by atoms with Crippen molar-refractivity contribution in [1.82, 2.24) is 9.88 Å². The third-order valence-corrected chi connectivity index (χ3v) is 5.00. The molecule has 1 aromatic heterocycles. The molecule has 0 unspecified atom stereocenters. The van der Waals surface area contributed by atoms with E-state index in [0.29, 0.717) is 25.6 Å². The van der Waals surface area contributed by atoms with Crippen LogP contribution in [0, 0.1) is 5.92 Å². The van der Waals surface area contributed by atoms with E-state index in [9.17, 15) is 4.79 Å². The van der Waals surface area contributed by atoms with Crippen molar-refractivity contribution in [3.05, 3.63) is 36.5 Å². The van der Waals surface area contributed by atoms with E-state index in [1.54, 1.807) is 6.20 Å². The predicted octanol–water partition coefficient (Wildman–Crippen LogP) is 2.19. The van der Waals surface area contributed by atoms with Crippen molar-refractivity contribution in [2.24, 2.45) is 5.92 Å². The minimum atomic E-state index is -0.209. The maximum absolute atomic E-state index is 12.4. The first-order chi connectivity index (χ1) is 11.2. The van der Waals surface area contributed by atoms with Crippen LogP contribution in [0.1, 0.15) is 25.7 Å². The Labute approximate surface area is 136 Å². The number of allylic oxidation sites excluding steroid dienone is 2. The SMILES string of the molecule is O=C(C1CC=CC1)N1CC2(C[C@H](Oc3ccccn3)CCO2)C1. The lowest BCUT2D eigenvalue weighted by Crippen LogP contribution is -2.68. The van der Waals surface area contributed by atoms with Crippen LogP contribution in [0.25, 0.3) is 0 Å². The number of carbonyl (C=O) groups excluding carboxylic acids is 1. The summed E-state index contributed by atoms with van der Waals surface area (Å²) >= 11 is 0. The molecule has 3 heterocycles. The molecule has 1 atom stereocenters. The minimum absolute atomic E-state index is 0.115. The third kappa shape index (κ3) is 2.98. The Bertz CT molecular complexity index is 588. The first-order valence-corrected chi connectivity index (χ1v) is 8.40. The summed E-state index contributed by atoms with van der Waals surface area (Å²) in [4.78, 5) is 18.6. The maximum atomic E-state index is 12.4. The van der Waals surface area contributed by atoms with E-state index in [1.165, 1.54) is 0 Å². The molecule has 0 aromatic carbocycles. The number of carbonyl (C=O) groups is 1. The Morgan fingerprint density at radius 2 is 2.13 bits per heavy atom. The van der Waals surface area contributed by atoms with Gasteiger partial charge in [-0.1, -0.05) is 18.2 Å². The third-order valence-electron chi connectivity index (χ3n) is 5.00. The molecule has 4 rings (SSSR count). The highest BCUT2D eigenvalue weighted by Crippen LogP contribution is 2.37. The standard InChI is InChI=1S/C18H22N2O3/c21-17(14-5-1-2-6-14)20-12-18(13-20)11-15(8-10-22-18)23-16-7-3-4-9-19-16/h1-4,7,9,14-15H,5-6,8,10-13H2/t15-/m1/s1. The number of nitrogens with zero attached hydrogens (tertiary/aromatic N) is 2. The van der Waals surface area contributed by atoms with Crippen LogP contribution < -0.4 is 4.74 Å². The summed E-state index contributed by atoms with van der Waals surface area (Å²) in [5.74, 6) is 1.09. The van der Waals surface area contributed by atoms with Gasteiger partial charge in [-0.3, -0.25) is 4.79 Å². The van der Waals surface area contributed by atoms with E-state index in [2.05, 4.69) is 17.1 Å². The fourth-order valence-corrected chi connectivity index (χ4v) is 3.77. The van der Waals surface area contributed by atoms with Gasteiger partial charge in [0.05, 0.1) is 19.7 Å². The molecule has 1 spiro atoms. The zero-order valence-corrected chi connectivity index (χ0v) is 13.2. The summed E-state index contributed by atoms with van der Waals surface area (Å²) in [6.07, 6.45) is 9.53. The molecule has 2 fully saturated rings. The largest absolute Gasteiger partial charge is 0.474 e. The lowest BCUT2D eigenvalue weighted by Gasteiger charge is -2.53. The fraction of sp³-hybridized carbons (Fsp3) is 0.556. The monoisotopic (exact) mass is 314 g/mol. The number of likely N-dealkylation sites (tertiary alicyclic amines) is 1. The molecule has 5 heteroatoms. The molecule has 23 heavy (non-hydrogen) atoms. The van der Waals surface area contributed by atoms with Crippen molar-refractivity contribution >= 4 is 5.91 Å². The topological polar surface area (TPSA) is 51.7 Å². The Morgan fingerprint density at radius 1 is 1.30 bits per heavy atom. The number of hydrogen-bond acceptors (Lipinski definition) is 4. The number of rotatable bonds is 3. The van der Waals surface area contributed by atoms with Crippen LogP contribution in [0.5, 0.6) is 5.88 Å². The molecule has 0 bridgehead atoms. The molecular weight excluding hydrogens is 292 g/mol. The van der Waals surface area contributed by atoms with E-state index in [1.807, 2.05) is 23.1 Å². The highest BCUT2D eigenvalue weighted by atomic mass is 16.5. The summed E-state index contributed by atoms with van der Waals surface area (Å²) in [7, 11) is 0. The van der Waals surface area contributed by atoms with Crippen molar-refractivity contribution in [2.75, 3.05) is 19.7 Å². The van der Waals surface area contributed by atoms with Gasteiger partial charge in [0.25, 0.3) is 0 Å². The molecule has 3 aliphatic rings. The van der Waals surface area contributed by atoms with Crippen molar-refractivity contribution < 1.29 is 14.3 Å². The van der Waals surface area contributed by atoms with Crippen LogP contribution in [0.4, 0.5) is 0 Å². The highest BCUT2D eigenvalue weighted by Gasteiger charge is 2.50. The minimum Gasteiger partial charge on any atom is -0.474 e. The summed E-state index contributed by atoms with van der Waals surface area (Å²) in [5, 5.41) is 0. The molecule has 2 saturated heterocycles. The van der Waals surface area contributed by atoms with E-state index in [0.717, 1.165) is 25.7 Å². The number of pyridine rings is 1. The van der Waals surface area contributed by atoms with Gasteiger partial charge < -0.3 is 14.4 Å². The second-order valence-corrected chi connectivity index (χ2v) is 6.77. The van der Waals surface area contributed by atoms with Crippen LogP contribution in [0.2, 0.25) is 0 Å². The number of amides is 1. The normalized spacial score (nSPS) is 26.3. The van der Waals surface area contributed by atoms with Gasteiger partial charge in [0, 0.05) is 31.0 Å². The number of aromatic nitrogens is 1. The van der Waals surface area contributed by atoms with Gasteiger partial charge in [-0.2, -0.15) is 0 Å². The molecular formula is C18H22N2O3. The summed E-state index contributed by atoms with van der Waals surface area (Å²) in [5.41, 5.74) is -0.209. The lowest BCUT2D eigenvalue weighted by atomic mass is 9.83. The zero-order chi connectivity index (χ0) is 15.7. The maximum Gasteiger partial charge on any atom is 0.226 e. The molecule has 1 aliphatic carbocycles. The van der Waals surface area contributed by atoms with Gasteiger partial charge in [-0.05, 0) is 18.9 Å². The van der Waals surface area contributed by atoms with Crippen molar-refractivity contribution in [3.8, 4) is 5.88 Å². The van der Waals surface area contributed by atoms with Gasteiger partial charge in [0.15, 0.2) is 0 Å². The van der Waals surface area contributed by atoms with Crippen LogP contribution in [0.15, 0.2) is 36.5 Å². The molecule has 0 N–H and O–H groups in total. The first kappa shape index (κ1) is 14.7. The van der Waals surface area contributed by atoms with Gasteiger partial charge in [-0.15, -0.1) is 0 Å². The lowest BCUT2D eigenvalue weighted by molar-refractivity contribution is -0.195. The summed E-state index contributed by atoms with van der Waals surface area (Å²) in [6.45, 7) is 2.08. The van der Waals surface area contributed by atoms with E-state index in [-0.39, 0.29) is 23.5 Å². The van der Waals surface area contributed by atoms with Crippen LogP contribution >= 0.6 is 0 Å². The molecule has 0 saturated carbocycles. The summed E-state index contributed by atoms with van der Waals surface area (Å²) < 4.78 is 12.0. The smallest absolute Gasteiger partial charge is 0.226 e. The second kappa shape index (κ2) is 5.96. The van der Waals surface area contributed by atoms with Gasteiger partial charge >= 0.3 is 0 Å². The Hall–Kier alpha value is -1.88. The van der Waals surface area contributed by atoms with E-state index in [4.69, 9.17) is 9.47 Å². The Balaban J connectivity index is 1.32. The average molecular weight is 314 g/mol. The quantitative estimate of drug-likeness (QED) is 0.803. The van der Waals surface area contributed by atoms with Crippen LogP contribution in [-0.2, 0) is 9.53 Å². The Morgan fingerprint density at radius 3 is 2.87 bits per heavy atom. The average Bonchev–Trinajstić information content (AvgIpc) is 3.07. The van der Waals surface area contributed by atoms with Gasteiger partial charge in [0.1, 0.15) is 11.7 Å². The fourth-order valence-electron chi connectivity index (χ4n) is 3.77. The van der Waals surface area contributed by atoms with Crippen molar-refractivity contribution in [1.29, 1.82) is 0 Å².